The van der Waals surface area contributed by atoms with Crippen molar-refractivity contribution in [3.05, 3.63) is 21.9 Å². The molecule has 1 aliphatic carbocycles. The van der Waals surface area contributed by atoms with Gasteiger partial charge in [-0.05, 0) is 37.3 Å². The number of amides is 2. The van der Waals surface area contributed by atoms with Crippen LogP contribution in [0.3, 0.4) is 0 Å². The molecule has 1 saturated carbocycles. The van der Waals surface area contributed by atoms with Crippen LogP contribution in [-0.2, 0) is 17.8 Å². The molecule has 0 radical (unpaired) electrons. The summed E-state index contributed by atoms with van der Waals surface area (Å²) in [7, 11) is 0. The molecule has 1 atom stereocenters. The first-order valence-corrected chi connectivity index (χ1v) is 7.74. The van der Waals surface area contributed by atoms with Gasteiger partial charge in [-0.1, -0.05) is 6.92 Å². The number of aliphatic carboxylic acids is 1. The zero-order valence-corrected chi connectivity index (χ0v) is 12.3. The normalized spacial score (nSPS) is 15.7. The van der Waals surface area contributed by atoms with Gasteiger partial charge in [0.05, 0.1) is 13.0 Å². The minimum Gasteiger partial charge on any atom is -0.481 e. The molecule has 1 aromatic rings. The van der Waals surface area contributed by atoms with Crippen LogP contribution in [0.15, 0.2) is 12.1 Å². The molecule has 1 heterocycles. The van der Waals surface area contributed by atoms with Crippen LogP contribution in [0, 0.1) is 5.92 Å². The summed E-state index contributed by atoms with van der Waals surface area (Å²) >= 11 is 1.69. The van der Waals surface area contributed by atoms with Gasteiger partial charge < -0.3 is 15.7 Å². The van der Waals surface area contributed by atoms with Crippen molar-refractivity contribution < 1.29 is 14.7 Å². The summed E-state index contributed by atoms with van der Waals surface area (Å²) in [4.78, 5) is 25.0. The lowest BCUT2D eigenvalue weighted by Crippen LogP contribution is -2.43. The van der Waals surface area contributed by atoms with Crippen molar-refractivity contribution in [3.8, 4) is 0 Å². The maximum atomic E-state index is 11.8. The van der Waals surface area contributed by atoms with E-state index in [1.165, 1.54) is 4.88 Å². The predicted molar refractivity (Wildman–Crippen MR) is 77.8 cm³/mol. The van der Waals surface area contributed by atoms with Gasteiger partial charge in [0.2, 0.25) is 0 Å². The van der Waals surface area contributed by atoms with Crippen molar-refractivity contribution in [2.75, 3.05) is 0 Å². The van der Waals surface area contributed by atoms with E-state index in [2.05, 4.69) is 23.6 Å². The van der Waals surface area contributed by atoms with E-state index < -0.39 is 5.97 Å². The van der Waals surface area contributed by atoms with E-state index in [4.69, 9.17) is 5.11 Å². The first kappa shape index (κ1) is 14.8. The van der Waals surface area contributed by atoms with Crippen LogP contribution in [0.25, 0.3) is 0 Å². The van der Waals surface area contributed by atoms with Crippen molar-refractivity contribution >= 4 is 23.3 Å². The van der Waals surface area contributed by atoms with E-state index in [-0.39, 0.29) is 18.5 Å². The number of carbonyl (C=O) groups is 2. The van der Waals surface area contributed by atoms with E-state index in [1.807, 2.05) is 6.07 Å². The van der Waals surface area contributed by atoms with Gasteiger partial charge in [0.25, 0.3) is 0 Å². The van der Waals surface area contributed by atoms with E-state index >= 15 is 0 Å². The average molecular weight is 296 g/mol. The maximum absolute atomic E-state index is 11.8. The molecule has 0 aromatic carbocycles. The van der Waals surface area contributed by atoms with E-state index in [9.17, 15) is 9.59 Å². The average Bonchev–Trinajstić information content (AvgIpc) is 3.14. The molecule has 20 heavy (non-hydrogen) atoms. The summed E-state index contributed by atoms with van der Waals surface area (Å²) in [6.07, 6.45) is 3.00. The van der Waals surface area contributed by atoms with Gasteiger partial charge in [-0.3, -0.25) is 4.79 Å². The molecule has 2 rings (SSSR count). The molecule has 110 valence electrons. The number of thiophene rings is 1. The molecular formula is C14H20N2O3S. The lowest BCUT2D eigenvalue weighted by atomic mass is 10.1. The summed E-state index contributed by atoms with van der Waals surface area (Å²) in [6, 6.07) is 3.55. The number of hydrogen-bond donors (Lipinski definition) is 3. The third-order valence-electron chi connectivity index (χ3n) is 3.39. The zero-order chi connectivity index (χ0) is 14.5. The van der Waals surface area contributed by atoms with E-state index in [1.54, 1.807) is 11.3 Å². The highest BCUT2D eigenvalue weighted by Gasteiger charge is 2.33. The Labute approximate surface area is 122 Å². The summed E-state index contributed by atoms with van der Waals surface area (Å²) in [5.74, 6) is -0.543. The Kier molecular flexibility index (Phi) is 5.00. The minimum atomic E-state index is -0.868. The number of nitrogens with one attached hydrogen (secondary N) is 2. The molecule has 0 spiro atoms. The molecule has 5 nitrogen and oxygen atoms in total. The molecule has 6 heteroatoms. The number of carboxylic acids is 1. The monoisotopic (exact) mass is 296 g/mol. The van der Waals surface area contributed by atoms with Crippen LogP contribution in [0.4, 0.5) is 4.79 Å². The van der Waals surface area contributed by atoms with Crippen molar-refractivity contribution in [2.45, 2.75) is 45.2 Å². The smallest absolute Gasteiger partial charge is 0.315 e. The largest absolute Gasteiger partial charge is 0.481 e. The van der Waals surface area contributed by atoms with Gasteiger partial charge in [-0.15, -0.1) is 11.3 Å². The predicted octanol–water partition coefficient (Wildman–Crippen LogP) is 2.36. The Morgan fingerprint density at radius 1 is 1.40 bits per heavy atom. The summed E-state index contributed by atoms with van der Waals surface area (Å²) in [5.41, 5.74) is 0. The van der Waals surface area contributed by atoms with Crippen molar-refractivity contribution in [1.29, 1.82) is 0 Å². The van der Waals surface area contributed by atoms with E-state index in [0.29, 0.717) is 12.5 Å². The Balaban J connectivity index is 1.77. The third kappa shape index (κ3) is 4.52. The summed E-state index contributed by atoms with van der Waals surface area (Å²) < 4.78 is 0. The topological polar surface area (TPSA) is 78.4 Å². The van der Waals surface area contributed by atoms with Crippen LogP contribution in [0.2, 0.25) is 0 Å². The summed E-state index contributed by atoms with van der Waals surface area (Å²) in [6.45, 7) is 2.59. The molecule has 1 aromatic heterocycles. The highest BCUT2D eigenvalue weighted by molar-refractivity contribution is 7.11. The van der Waals surface area contributed by atoms with E-state index in [0.717, 1.165) is 24.1 Å². The molecule has 0 saturated heterocycles. The Hall–Kier alpha value is -1.56. The van der Waals surface area contributed by atoms with Crippen molar-refractivity contribution in [2.24, 2.45) is 5.92 Å². The van der Waals surface area contributed by atoms with Gasteiger partial charge in [0, 0.05) is 15.8 Å². The number of rotatable bonds is 7. The van der Waals surface area contributed by atoms with Crippen LogP contribution < -0.4 is 10.6 Å². The fourth-order valence-electron chi connectivity index (χ4n) is 2.12. The molecule has 0 aliphatic heterocycles. The highest BCUT2D eigenvalue weighted by Crippen LogP contribution is 2.33. The van der Waals surface area contributed by atoms with Crippen LogP contribution >= 0.6 is 11.3 Å². The molecule has 0 bridgehead atoms. The van der Waals surface area contributed by atoms with Gasteiger partial charge in [-0.25, -0.2) is 4.79 Å². The maximum Gasteiger partial charge on any atom is 0.315 e. The minimum absolute atomic E-state index is 0.00291. The van der Waals surface area contributed by atoms with Crippen molar-refractivity contribution in [1.82, 2.24) is 10.6 Å². The highest BCUT2D eigenvalue weighted by atomic mass is 32.1. The van der Waals surface area contributed by atoms with Crippen LogP contribution in [-0.4, -0.2) is 23.1 Å². The second-order valence-electron chi connectivity index (χ2n) is 5.09. The Morgan fingerprint density at radius 2 is 2.10 bits per heavy atom. The van der Waals surface area contributed by atoms with Crippen molar-refractivity contribution in [3.63, 3.8) is 0 Å². The number of carboxylic acid groups (broad SMARTS) is 1. The lowest BCUT2D eigenvalue weighted by molar-refractivity contribution is -0.137. The fourth-order valence-corrected chi connectivity index (χ4v) is 3.01. The van der Waals surface area contributed by atoms with Crippen LogP contribution in [0.1, 0.15) is 35.9 Å². The van der Waals surface area contributed by atoms with Gasteiger partial charge in [-0.2, -0.15) is 0 Å². The first-order valence-electron chi connectivity index (χ1n) is 6.92. The number of carbonyl (C=O) groups excluding carboxylic acids is 1. The van der Waals surface area contributed by atoms with Crippen LogP contribution in [0.5, 0.6) is 0 Å². The molecular weight excluding hydrogens is 276 g/mol. The molecule has 3 N–H and O–H groups in total. The van der Waals surface area contributed by atoms with Gasteiger partial charge in [0.1, 0.15) is 0 Å². The quantitative estimate of drug-likeness (QED) is 0.723. The lowest BCUT2D eigenvalue weighted by Gasteiger charge is -2.16. The van der Waals surface area contributed by atoms with Gasteiger partial charge >= 0.3 is 12.0 Å². The second-order valence-corrected chi connectivity index (χ2v) is 6.34. The number of aryl methyl sites for hydroxylation is 1. The molecule has 1 unspecified atom stereocenters. The molecule has 1 aliphatic rings. The Bertz CT molecular complexity index is 483. The molecule has 1 fully saturated rings. The first-order chi connectivity index (χ1) is 9.58. The fraction of sp³-hybridized carbons (Fsp3) is 0.571. The summed E-state index contributed by atoms with van der Waals surface area (Å²) in [5, 5.41) is 14.4. The third-order valence-corrected chi connectivity index (χ3v) is 4.62. The number of hydrogen-bond acceptors (Lipinski definition) is 3. The molecule has 2 amide bonds. The SMILES string of the molecule is CCc1ccc(CNC(=O)NC(CC(=O)O)C2CC2)s1. The van der Waals surface area contributed by atoms with Gasteiger partial charge in [0.15, 0.2) is 0 Å². The zero-order valence-electron chi connectivity index (χ0n) is 11.5. The Morgan fingerprint density at radius 3 is 2.65 bits per heavy atom. The standard InChI is InChI=1S/C14H20N2O3S/c1-2-10-5-6-11(20-10)8-15-14(19)16-12(7-13(17)18)9-3-4-9/h5-6,9,12H,2-4,7-8H2,1H3,(H,17,18)(H2,15,16,19). The number of urea groups is 1. The second kappa shape index (κ2) is 6.74.